The third-order valence-electron chi connectivity index (χ3n) is 5.98. The maximum absolute atomic E-state index is 11.7. The highest BCUT2D eigenvalue weighted by molar-refractivity contribution is 5.73. The van der Waals surface area contributed by atoms with Crippen molar-refractivity contribution >= 4 is 17.3 Å². The average Bonchev–Trinajstić information content (AvgIpc) is 3.19. The fourth-order valence-corrected chi connectivity index (χ4v) is 4.52. The number of anilines is 2. The largest absolute Gasteiger partial charge is 0.466 e. The summed E-state index contributed by atoms with van der Waals surface area (Å²) in [6.45, 7) is 2.26. The van der Waals surface area contributed by atoms with Gasteiger partial charge in [0, 0.05) is 28.7 Å². The molecule has 0 radical (unpaired) electrons. The minimum atomic E-state index is -0.174. The molecule has 2 aromatic rings. The third kappa shape index (κ3) is 4.37. The van der Waals surface area contributed by atoms with Crippen LogP contribution in [0.5, 0.6) is 0 Å². The number of rotatable bonds is 6. The summed E-state index contributed by atoms with van der Waals surface area (Å²) in [5, 5.41) is 3.63. The zero-order valence-corrected chi connectivity index (χ0v) is 16.8. The first-order chi connectivity index (χ1) is 13.7. The predicted octanol–water partition coefficient (Wildman–Crippen LogP) is 5.47. The van der Waals surface area contributed by atoms with E-state index in [0.717, 1.165) is 24.1 Å². The summed E-state index contributed by atoms with van der Waals surface area (Å²) in [7, 11) is 0. The van der Waals surface area contributed by atoms with Crippen LogP contribution in [0.4, 0.5) is 11.4 Å². The second kappa shape index (κ2) is 8.76. The molecule has 0 aliphatic heterocycles. The Morgan fingerprint density at radius 2 is 1.89 bits per heavy atom. The number of aryl methyl sites for hydroxylation is 1. The Hall–Kier alpha value is -2.36. The van der Waals surface area contributed by atoms with Gasteiger partial charge in [0.25, 0.3) is 0 Å². The van der Waals surface area contributed by atoms with Crippen LogP contribution >= 0.6 is 0 Å². The van der Waals surface area contributed by atoms with E-state index in [1.807, 2.05) is 19.1 Å². The maximum atomic E-state index is 11.7. The SMILES string of the molecule is CCOC(=O)Cc1ccc(Nc2cc(C3CCCCC3)nc3c2CCC3)cc1. The van der Waals surface area contributed by atoms with Gasteiger partial charge in [-0.25, -0.2) is 0 Å². The molecule has 2 aliphatic rings. The molecule has 0 spiro atoms. The normalized spacial score (nSPS) is 16.6. The predicted molar refractivity (Wildman–Crippen MR) is 112 cm³/mol. The number of hydrogen-bond acceptors (Lipinski definition) is 4. The molecule has 4 rings (SSSR count). The number of hydrogen-bond donors (Lipinski definition) is 1. The van der Waals surface area contributed by atoms with Gasteiger partial charge in [-0.1, -0.05) is 31.4 Å². The first kappa shape index (κ1) is 19.0. The van der Waals surface area contributed by atoms with Gasteiger partial charge in [-0.3, -0.25) is 9.78 Å². The summed E-state index contributed by atoms with van der Waals surface area (Å²) >= 11 is 0. The lowest BCUT2D eigenvalue weighted by atomic mass is 9.86. The number of pyridine rings is 1. The smallest absolute Gasteiger partial charge is 0.310 e. The standard InChI is InChI=1S/C24H30N2O2/c1-2-28-24(27)15-17-11-13-19(14-12-17)25-23-16-22(18-7-4-3-5-8-18)26-21-10-6-9-20(21)23/h11-14,16,18H,2-10,15H2,1H3,(H,25,26). The van der Waals surface area contributed by atoms with Crippen LogP contribution in [0.3, 0.4) is 0 Å². The van der Waals surface area contributed by atoms with Crippen molar-refractivity contribution in [1.82, 2.24) is 4.98 Å². The molecule has 28 heavy (non-hydrogen) atoms. The number of aromatic nitrogens is 1. The van der Waals surface area contributed by atoms with Gasteiger partial charge < -0.3 is 10.1 Å². The van der Waals surface area contributed by atoms with E-state index in [4.69, 9.17) is 9.72 Å². The Kier molecular flexibility index (Phi) is 5.94. The summed E-state index contributed by atoms with van der Waals surface area (Å²) in [6.07, 6.45) is 10.3. The zero-order chi connectivity index (χ0) is 19.3. The van der Waals surface area contributed by atoms with Crippen LogP contribution < -0.4 is 5.32 Å². The van der Waals surface area contributed by atoms with Crippen LogP contribution in [-0.4, -0.2) is 17.6 Å². The van der Waals surface area contributed by atoms with Crippen molar-refractivity contribution in [1.29, 1.82) is 0 Å². The molecule has 2 aliphatic carbocycles. The van der Waals surface area contributed by atoms with Crippen LogP contribution in [0.25, 0.3) is 0 Å². The lowest BCUT2D eigenvalue weighted by Crippen LogP contribution is -2.09. The van der Waals surface area contributed by atoms with E-state index in [1.54, 1.807) is 0 Å². The van der Waals surface area contributed by atoms with Crippen LogP contribution in [0, 0.1) is 0 Å². The Morgan fingerprint density at radius 1 is 1.11 bits per heavy atom. The van der Waals surface area contributed by atoms with E-state index in [2.05, 4.69) is 23.5 Å². The van der Waals surface area contributed by atoms with Crippen molar-refractivity contribution in [3.8, 4) is 0 Å². The van der Waals surface area contributed by atoms with Gasteiger partial charge in [0.05, 0.1) is 13.0 Å². The minimum Gasteiger partial charge on any atom is -0.466 e. The van der Waals surface area contributed by atoms with Crippen molar-refractivity contribution in [2.45, 2.75) is 70.6 Å². The molecule has 4 nitrogen and oxygen atoms in total. The molecule has 1 aromatic carbocycles. The van der Waals surface area contributed by atoms with E-state index in [1.165, 1.54) is 61.2 Å². The van der Waals surface area contributed by atoms with Gasteiger partial charge in [0.15, 0.2) is 0 Å². The molecule has 0 bridgehead atoms. The highest BCUT2D eigenvalue weighted by Crippen LogP contribution is 2.37. The number of nitrogens with one attached hydrogen (secondary N) is 1. The summed E-state index contributed by atoms with van der Waals surface area (Å²) in [5.41, 5.74) is 7.22. The van der Waals surface area contributed by atoms with Crippen LogP contribution in [0.1, 0.15) is 73.9 Å². The lowest BCUT2D eigenvalue weighted by Gasteiger charge is -2.23. The van der Waals surface area contributed by atoms with E-state index in [-0.39, 0.29) is 5.97 Å². The summed E-state index contributed by atoms with van der Waals surface area (Å²) in [6, 6.07) is 10.4. The Labute approximate surface area is 167 Å². The highest BCUT2D eigenvalue weighted by Gasteiger charge is 2.23. The van der Waals surface area contributed by atoms with Gasteiger partial charge in [-0.2, -0.15) is 0 Å². The highest BCUT2D eigenvalue weighted by atomic mass is 16.5. The van der Waals surface area contributed by atoms with Crippen molar-refractivity contribution in [2.24, 2.45) is 0 Å². The summed E-state index contributed by atoms with van der Waals surface area (Å²) in [4.78, 5) is 16.7. The quantitative estimate of drug-likeness (QED) is 0.678. The third-order valence-corrected chi connectivity index (χ3v) is 5.98. The molecule has 0 unspecified atom stereocenters. The second-order valence-corrected chi connectivity index (χ2v) is 8.01. The molecule has 0 atom stereocenters. The molecular weight excluding hydrogens is 348 g/mol. The maximum Gasteiger partial charge on any atom is 0.310 e. The van der Waals surface area contributed by atoms with Crippen molar-refractivity contribution in [2.75, 3.05) is 11.9 Å². The molecule has 0 saturated heterocycles. The van der Waals surface area contributed by atoms with E-state index < -0.39 is 0 Å². The molecule has 0 amide bonds. The Bertz CT molecular complexity index is 823. The van der Waals surface area contributed by atoms with Gasteiger partial charge in [0.2, 0.25) is 0 Å². The fraction of sp³-hybridized carbons (Fsp3) is 0.500. The molecular formula is C24H30N2O2. The van der Waals surface area contributed by atoms with Crippen molar-refractivity contribution in [3.63, 3.8) is 0 Å². The number of esters is 1. The summed E-state index contributed by atoms with van der Waals surface area (Å²) in [5.74, 6) is 0.444. The number of fused-ring (bicyclic) bond motifs is 1. The molecule has 1 heterocycles. The minimum absolute atomic E-state index is 0.174. The molecule has 1 saturated carbocycles. The van der Waals surface area contributed by atoms with Crippen LogP contribution in [0.15, 0.2) is 30.3 Å². The van der Waals surface area contributed by atoms with Gasteiger partial charge in [-0.05, 0) is 68.4 Å². The molecule has 1 N–H and O–H groups in total. The Morgan fingerprint density at radius 3 is 2.64 bits per heavy atom. The number of benzene rings is 1. The molecule has 4 heteroatoms. The van der Waals surface area contributed by atoms with Crippen LogP contribution in [-0.2, 0) is 28.8 Å². The first-order valence-electron chi connectivity index (χ1n) is 10.8. The van der Waals surface area contributed by atoms with Crippen molar-refractivity contribution in [3.05, 3.63) is 52.8 Å². The van der Waals surface area contributed by atoms with Gasteiger partial charge >= 0.3 is 5.97 Å². The number of nitrogens with zero attached hydrogens (tertiary/aromatic N) is 1. The molecule has 148 valence electrons. The number of carbonyl (C=O) groups is 1. The van der Waals surface area contributed by atoms with E-state index in [9.17, 15) is 4.79 Å². The van der Waals surface area contributed by atoms with E-state index in [0.29, 0.717) is 18.9 Å². The first-order valence-corrected chi connectivity index (χ1v) is 10.8. The van der Waals surface area contributed by atoms with Crippen molar-refractivity contribution < 1.29 is 9.53 Å². The zero-order valence-electron chi connectivity index (χ0n) is 16.8. The lowest BCUT2D eigenvalue weighted by molar-refractivity contribution is -0.142. The number of ether oxygens (including phenoxy) is 1. The number of carbonyl (C=O) groups excluding carboxylic acids is 1. The van der Waals surface area contributed by atoms with E-state index >= 15 is 0 Å². The Balaban J connectivity index is 1.52. The second-order valence-electron chi connectivity index (χ2n) is 8.01. The van der Waals surface area contributed by atoms with Gasteiger partial charge in [-0.15, -0.1) is 0 Å². The van der Waals surface area contributed by atoms with Crippen LogP contribution in [0.2, 0.25) is 0 Å². The summed E-state index contributed by atoms with van der Waals surface area (Å²) < 4.78 is 5.03. The monoisotopic (exact) mass is 378 g/mol. The average molecular weight is 379 g/mol. The molecule has 1 fully saturated rings. The topological polar surface area (TPSA) is 51.2 Å². The fourth-order valence-electron chi connectivity index (χ4n) is 4.52. The van der Waals surface area contributed by atoms with Gasteiger partial charge in [0.1, 0.15) is 0 Å². The molecule has 1 aromatic heterocycles.